The van der Waals surface area contributed by atoms with E-state index in [4.69, 9.17) is 0 Å². The molecule has 0 radical (unpaired) electrons. The number of carbonyl (C=O) groups excluding carboxylic acids is 2. The van der Waals surface area contributed by atoms with Gasteiger partial charge in [0.05, 0.1) is 6.04 Å². The second-order valence-electron chi connectivity index (χ2n) is 5.06. The van der Waals surface area contributed by atoms with Crippen molar-refractivity contribution in [2.24, 2.45) is 5.41 Å². The summed E-state index contributed by atoms with van der Waals surface area (Å²) in [7, 11) is 0. The Hall–Kier alpha value is -0.900. The van der Waals surface area contributed by atoms with Crippen LogP contribution in [0.1, 0.15) is 34.6 Å². The number of nitrogens with zero attached hydrogens (tertiary/aromatic N) is 1. The van der Waals surface area contributed by atoms with Crippen LogP contribution in [0.25, 0.3) is 0 Å². The van der Waals surface area contributed by atoms with E-state index in [0.29, 0.717) is 0 Å². The Morgan fingerprint density at radius 1 is 1.29 bits per heavy atom. The number of hydrazine groups is 1. The lowest BCUT2D eigenvalue weighted by molar-refractivity contribution is -0.142. The predicted molar refractivity (Wildman–Crippen MR) is 53.4 cm³/mol. The van der Waals surface area contributed by atoms with Crippen molar-refractivity contribution in [3.05, 3.63) is 0 Å². The number of hydrogen-bond donors (Lipinski definition) is 1. The van der Waals surface area contributed by atoms with Crippen molar-refractivity contribution >= 4 is 11.7 Å². The Morgan fingerprint density at radius 2 is 1.79 bits per heavy atom. The topological polar surface area (TPSA) is 49.4 Å². The van der Waals surface area contributed by atoms with Crippen molar-refractivity contribution in [1.82, 2.24) is 10.4 Å². The van der Waals surface area contributed by atoms with Gasteiger partial charge in [0.1, 0.15) is 0 Å². The summed E-state index contributed by atoms with van der Waals surface area (Å²) in [4.78, 5) is 23.1. The van der Waals surface area contributed by atoms with Crippen LogP contribution in [0.5, 0.6) is 0 Å². The molecule has 1 atom stereocenters. The molecule has 4 heteroatoms. The lowest BCUT2D eigenvalue weighted by atomic mass is 9.85. The first-order chi connectivity index (χ1) is 6.25. The van der Waals surface area contributed by atoms with Crippen LogP contribution in [0.3, 0.4) is 0 Å². The van der Waals surface area contributed by atoms with E-state index in [1.807, 2.05) is 34.6 Å². The SMILES string of the molecule is CC(C)N1NC(C(C)(C)C)C(=O)C1=O. The highest BCUT2D eigenvalue weighted by molar-refractivity contribution is 6.39. The van der Waals surface area contributed by atoms with E-state index in [1.54, 1.807) is 0 Å². The third-order valence-corrected chi connectivity index (χ3v) is 2.34. The van der Waals surface area contributed by atoms with Crippen molar-refractivity contribution in [1.29, 1.82) is 0 Å². The summed E-state index contributed by atoms with van der Waals surface area (Å²) in [6, 6.07) is -0.379. The van der Waals surface area contributed by atoms with Crippen LogP contribution < -0.4 is 5.43 Å². The van der Waals surface area contributed by atoms with Crippen LogP contribution in [-0.4, -0.2) is 28.8 Å². The van der Waals surface area contributed by atoms with Gasteiger partial charge in [-0.25, -0.2) is 5.43 Å². The lowest BCUT2D eigenvalue weighted by Gasteiger charge is -2.27. The monoisotopic (exact) mass is 198 g/mol. The Morgan fingerprint density at radius 3 is 2.00 bits per heavy atom. The fraction of sp³-hybridized carbons (Fsp3) is 0.800. The maximum absolute atomic E-state index is 11.6. The Kier molecular flexibility index (Phi) is 2.67. The molecule has 1 aliphatic rings. The maximum Gasteiger partial charge on any atom is 0.306 e. The molecule has 0 bridgehead atoms. The van der Waals surface area contributed by atoms with Gasteiger partial charge < -0.3 is 0 Å². The van der Waals surface area contributed by atoms with Crippen LogP contribution in [0, 0.1) is 5.41 Å². The van der Waals surface area contributed by atoms with Crippen molar-refractivity contribution in [2.75, 3.05) is 0 Å². The molecule has 0 spiro atoms. The van der Waals surface area contributed by atoms with Crippen LogP contribution in [-0.2, 0) is 9.59 Å². The van der Waals surface area contributed by atoms with E-state index in [1.165, 1.54) is 5.01 Å². The summed E-state index contributed by atoms with van der Waals surface area (Å²) >= 11 is 0. The second-order valence-corrected chi connectivity index (χ2v) is 5.06. The smallest absolute Gasteiger partial charge is 0.287 e. The molecule has 1 saturated heterocycles. The highest BCUT2D eigenvalue weighted by atomic mass is 16.2. The largest absolute Gasteiger partial charge is 0.306 e. The number of nitrogens with one attached hydrogen (secondary N) is 1. The molecule has 0 aromatic rings. The summed E-state index contributed by atoms with van der Waals surface area (Å²) in [5.74, 6) is -0.744. The Labute approximate surface area is 84.6 Å². The number of amides is 1. The van der Waals surface area contributed by atoms with E-state index >= 15 is 0 Å². The molecule has 4 nitrogen and oxygen atoms in total. The number of hydrogen-bond acceptors (Lipinski definition) is 3. The molecule has 14 heavy (non-hydrogen) atoms. The third-order valence-electron chi connectivity index (χ3n) is 2.34. The van der Waals surface area contributed by atoms with E-state index < -0.39 is 11.9 Å². The summed E-state index contributed by atoms with van der Waals surface area (Å²) < 4.78 is 0. The van der Waals surface area contributed by atoms with Crippen LogP contribution in [0.2, 0.25) is 0 Å². The molecule has 1 heterocycles. The van der Waals surface area contributed by atoms with E-state index in [9.17, 15) is 9.59 Å². The normalized spacial score (nSPS) is 23.9. The van der Waals surface area contributed by atoms with E-state index in [0.717, 1.165) is 0 Å². The molecule has 0 aromatic carbocycles. The number of rotatable bonds is 1. The zero-order valence-electron chi connectivity index (χ0n) is 9.42. The fourth-order valence-electron chi connectivity index (χ4n) is 1.47. The van der Waals surface area contributed by atoms with Crippen LogP contribution in [0.15, 0.2) is 0 Å². The van der Waals surface area contributed by atoms with Gasteiger partial charge in [-0.05, 0) is 19.3 Å². The number of ketones is 1. The lowest BCUT2D eigenvalue weighted by Crippen LogP contribution is -2.46. The number of Topliss-reactive ketones (excluding diaryl/α,β-unsaturated/α-hetero) is 1. The Bertz CT molecular complexity index is 266. The highest BCUT2D eigenvalue weighted by Crippen LogP contribution is 2.24. The molecule has 0 aromatic heterocycles. The van der Waals surface area contributed by atoms with Gasteiger partial charge in [-0.15, -0.1) is 0 Å². The van der Waals surface area contributed by atoms with Gasteiger partial charge in [0.2, 0.25) is 5.78 Å². The molecule has 1 amide bonds. The molecule has 1 unspecified atom stereocenters. The van der Waals surface area contributed by atoms with E-state index in [-0.39, 0.29) is 17.2 Å². The minimum absolute atomic E-state index is 0.0128. The zero-order valence-corrected chi connectivity index (χ0v) is 9.42. The molecule has 1 rings (SSSR count). The van der Waals surface area contributed by atoms with Gasteiger partial charge in [-0.1, -0.05) is 20.8 Å². The van der Waals surface area contributed by atoms with Crippen LogP contribution >= 0.6 is 0 Å². The predicted octanol–water partition coefficient (Wildman–Crippen LogP) is 0.725. The molecular weight excluding hydrogens is 180 g/mol. The first-order valence-corrected chi connectivity index (χ1v) is 4.88. The Balaban J connectivity index is 2.88. The standard InChI is InChI=1S/C10H18N2O2/c1-6(2)12-9(14)7(13)8(11-12)10(3,4)5/h6,8,11H,1-5H3. The average molecular weight is 198 g/mol. The van der Waals surface area contributed by atoms with Gasteiger partial charge in [-0.3, -0.25) is 14.6 Å². The molecular formula is C10H18N2O2. The second kappa shape index (κ2) is 3.35. The molecule has 1 N–H and O–H groups in total. The summed E-state index contributed by atoms with van der Waals surface area (Å²) in [5, 5.41) is 1.41. The minimum atomic E-state index is -0.417. The zero-order chi connectivity index (χ0) is 11.1. The molecule has 1 aliphatic heterocycles. The van der Waals surface area contributed by atoms with Crippen LogP contribution in [0.4, 0.5) is 0 Å². The van der Waals surface area contributed by atoms with Gasteiger partial charge in [0.25, 0.3) is 0 Å². The van der Waals surface area contributed by atoms with Crippen molar-refractivity contribution < 1.29 is 9.59 Å². The summed E-state index contributed by atoms with van der Waals surface area (Å²) in [5.41, 5.74) is 2.74. The van der Waals surface area contributed by atoms with Gasteiger partial charge >= 0.3 is 5.91 Å². The fourth-order valence-corrected chi connectivity index (χ4v) is 1.47. The maximum atomic E-state index is 11.6. The van der Waals surface area contributed by atoms with Crippen molar-refractivity contribution in [2.45, 2.75) is 46.7 Å². The van der Waals surface area contributed by atoms with E-state index in [2.05, 4.69) is 5.43 Å². The summed E-state index contributed by atoms with van der Waals surface area (Å²) in [6.07, 6.45) is 0. The minimum Gasteiger partial charge on any atom is -0.287 e. The molecule has 0 aliphatic carbocycles. The molecule has 0 saturated carbocycles. The van der Waals surface area contributed by atoms with Gasteiger partial charge in [-0.2, -0.15) is 0 Å². The molecule has 80 valence electrons. The van der Waals surface area contributed by atoms with Crippen molar-refractivity contribution in [3.63, 3.8) is 0 Å². The van der Waals surface area contributed by atoms with Gasteiger partial charge in [0.15, 0.2) is 0 Å². The third kappa shape index (κ3) is 1.80. The number of carbonyl (C=O) groups is 2. The highest BCUT2D eigenvalue weighted by Gasteiger charge is 2.45. The first kappa shape index (κ1) is 11.2. The first-order valence-electron chi connectivity index (χ1n) is 4.88. The molecule has 1 fully saturated rings. The summed E-state index contributed by atoms with van der Waals surface area (Å²) in [6.45, 7) is 9.59. The van der Waals surface area contributed by atoms with Gasteiger partial charge in [0, 0.05) is 6.04 Å². The average Bonchev–Trinajstić information content (AvgIpc) is 2.28. The van der Waals surface area contributed by atoms with Crippen molar-refractivity contribution in [3.8, 4) is 0 Å². The quantitative estimate of drug-likeness (QED) is 0.632.